The number of pyridine rings is 1. The van der Waals surface area contributed by atoms with Crippen molar-refractivity contribution in [2.45, 2.75) is 0 Å². The Hall–Kier alpha value is -6.63. The van der Waals surface area contributed by atoms with E-state index in [0.717, 1.165) is 71.9 Å². The highest BCUT2D eigenvalue weighted by atomic mass is 32.1. The summed E-state index contributed by atoms with van der Waals surface area (Å²) in [6.07, 6.45) is 1.89. The molecule has 0 amide bonds. The van der Waals surface area contributed by atoms with Crippen LogP contribution < -0.4 is 0 Å². The van der Waals surface area contributed by atoms with Gasteiger partial charge < -0.3 is 4.57 Å². The molecule has 5 nitrogen and oxygen atoms in total. The number of para-hydroxylation sites is 1. The molecule has 0 saturated carbocycles. The number of nitrogens with zero attached hydrogens (tertiary/aromatic N) is 5. The Balaban J connectivity index is 1.17. The second-order valence-corrected chi connectivity index (χ2v) is 14.0. The first-order valence-electron chi connectivity index (χ1n) is 17.0. The zero-order chi connectivity index (χ0) is 33.5. The topological polar surface area (TPSA) is 48.5 Å². The third-order valence-corrected chi connectivity index (χ3v) is 11.1. The molecule has 0 unspecified atom stereocenters. The number of hydrogen-bond acceptors (Lipinski definition) is 4. The van der Waals surface area contributed by atoms with Crippen LogP contribution in [0.4, 0.5) is 0 Å². The van der Waals surface area contributed by atoms with E-state index in [2.05, 4.69) is 149 Å². The molecule has 0 N–H and O–H groups in total. The van der Waals surface area contributed by atoms with Crippen molar-refractivity contribution in [1.29, 1.82) is 0 Å². The lowest BCUT2D eigenvalue weighted by Gasteiger charge is -2.12. The quantitative estimate of drug-likeness (QED) is 0.187. The zero-order valence-corrected chi connectivity index (χ0v) is 28.0. The van der Waals surface area contributed by atoms with Gasteiger partial charge in [-0.05, 0) is 60.7 Å². The lowest BCUT2D eigenvalue weighted by molar-refractivity contribution is 0.995. The highest BCUT2D eigenvalue weighted by Crippen LogP contribution is 2.41. The van der Waals surface area contributed by atoms with E-state index in [9.17, 15) is 0 Å². The van der Waals surface area contributed by atoms with E-state index in [-0.39, 0.29) is 0 Å². The maximum Gasteiger partial charge on any atom is 0.235 e. The summed E-state index contributed by atoms with van der Waals surface area (Å²) in [6.45, 7) is 0. The first-order chi connectivity index (χ1) is 25.3. The molecule has 0 fully saturated rings. The minimum atomic E-state index is 0.641. The fraction of sp³-hybridized carbons (Fsp3) is 0. The van der Waals surface area contributed by atoms with Crippen LogP contribution in [0.2, 0.25) is 0 Å². The maximum atomic E-state index is 5.21. The summed E-state index contributed by atoms with van der Waals surface area (Å²) < 4.78 is 7.15. The molecule has 11 rings (SSSR count). The molecular weight excluding hydrogens is 643 g/mol. The van der Waals surface area contributed by atoms with E-state index in [4.69, 9.17) is 15.0 Å². The standard InChI is InChI=1S/C45H27N5S/c1-3-12-28(13-4-1)36-26-37(29-14-5-2-6-15-29)48-45(47-36)50-38-18-9-7-16-31(38)33-24-30(21-22-39(33)50)49-40-19-11-23-46-44(40)35-25-34-32-17-8-10-20-42(32)51-43(34)27-41(35)49/h1-27H. The van der Waals surface area contributed by atoms with E-state index in [0.29, 0.717) is 5.95 Å². The van der Waals surface area contributed by atoms with Crippen LogP contribution in [0.3, 0.4) is 0 Å². The van der Waals surface area contributed by atoms with Crippen LogP contribution in [0.1, 0.15) is 0 Å². The average Bonchev–Trinajstić information content (AvgIpc) is 3.84. The van der Waals surface area contributed by atoms with E-state index >= 15 is 0 Å². The van der Waals surface area contributed by atoms with Gasteiger partial charge in [-0.3, -0.25) is 9.55 Å². The molecule has 6 heteroatoms. The molecule has 11 aromatic rings. The normalized spacial score (nSPS) is 11.9. The highest BCUT2D eigenvalue weighted by molar-refractivity contribution is 7.25. The van der Waals surface area contributed by atoms with E-state index in [1.165, 1.54) is 20.2 Å². The molecule has 0 radical (unpaired) electrons. The predicted octanol–water partition coefficient (Wildman–Crippen LogP) is 11.8. The smallest absolute Gasteiger partial charge is 0.235 e. The van der Waals surface area contributed by atoms with Crippen molar-refractivity contribution >= 4 is 75.3 Å². The Morgan fingerprint density at radius 1 is 0.412 bits per heavy atom. The van der Waals surface area contributed by atoms with Crippen molar-refractivity contribution in [2.75, 3.05) is 0 Å². The van der Waals surface area contributed by atoms with Gasteiger partial charge in [-0.2, -0.15) is 0 Å². The Kier molecular flexibility index (Phi) is 6.05. The van der Waals surface area contributed by atoms with Crippen LogP contribution in [0.5, 0.6) is 0 Å². The number of thiophene rings is 1. The fourth-order valence-corrected chi connectivity index (χ4v) is 8.81. The lowest BCUT2D eigenvalue weighted by Crippen LogP contribution is -2.04. The van der Waals surface area contributed by atoms with Crippen molar-refractivity contribution in [1.82, 2.24) is 24.1 Å². The Labute approximate surface area is 296 Å². The molecule has 238 valence electrons. The van der Waals surface area contributed by atoms with Gasteiger partial charge in [-0.1, -0.05) is 97.1 Å². The Morgan fingerprint density at radius 3 is 1.86 bits per heavy atom. The zero-order valence-electron chi connectivity index (χ0n) is 27.2. The minimum Gasteiger partial charge on any atom is -0.308 e. The second kappa shape index (κ2) is 10.9. The number of rotatable bonds is 4. The molecular formula is C45H27N5S. The van der Waals surface area contributed by atoms with E-state index < -0.39 is 0 Å². The second-order valence-electron chi connectivity index (χ2n) is 12.9. The van der Waals surface area contributed by atoms with Crippen LogP contribution in [0.25, 0.3) is 98.1 Å². The maximum absolute atomic E-state index is 5.21. The first kappa shape index (κ1) is 28.2. The van der Waals surface area contributed by atoms with Gasteiger partial charge in [-0.25, -0.2) is 9.97 Å². The van der Waals surface area contributed by atoms with Crippen molar-refractivity contribution in [3.8, 4) is 34.2 Å². The van der Waals surface area contributed by atoms with Gasteiger partial charge in [0.1, 0.15) is 0 Å². The molecule has 0 aliphatic rings. The SMILES string of the molecule is c1ccc(-c2cc(-c3ccccc3)nc(-n3c4ccccc4c4cc(-n5c6cc7sc8ccccc8c7cc6c6ncccc65)ccc43)n2)cc1. The molecule has 5 aromatic heterocycles. The van der Waals surface area contributed by atoms with Crippen LogP contribution in [0.15, 0.2) is 164 Å². The Bertz CT molecular complexity index is 3080. The summed E-state index contributed by atoms with van der Waals surface area (Å²) in [6, 6.07) is 55.7. The van der Waals surface area contributed by atoms with Gasteiger partial charge in [0.25, 0.3) is 0 Å². The Morgan fingerprint density at radius 2 is 1.08 bits per heavy atom. The summed E-state index contributed by atoms with van der Waals surface area (Å²) in [5.41, 5.74) is 10.3. The molecule has 0 bridgehead atoms. The predicted molar refractivity (Wildman–Crippen MR) is 212 cm³/mol. The third kappa shape index (κ3) is 4.30. The van der Waals surface area contributed by atoms with Crippen molar-refractivity contribution in [3.05, 3.63) is 164 Å². The first-order valence-corrected chi connectivity index (χ1v) is 17.8. The number of hydrogen-bond donors (Lipinski definition) is 0. The molecule has 6 aromatic carbocycles. The average molecular weight is 670 g/mol. The van der Waals surface area contributed by atoms with Crippen molar-refractivity contribution in [2.24, 2.45) is 0 Å². The molecule has 51 heavy (non-hydrogen) atoms. The molecule has 0 atom stereocenters. The highest BCUT2D eigenvalue weighted by Gasteiger charge is 2.20. The van der Waals surface area contributed by atoms with Crippen molar-refractivity contribution < 1.29 is 0 Å². The summed E-state index contributed by atoms with van der Waals surface area (Å²) in [5.74, 6) is 0.641. The fourth-order valence-electron chi connectivity index (χ4n) is 7.69. The van der Waals surface area contributed by atoms with Gasteiger partial charge >= 0.3 is 0 Å². The number of benzene rings is 6. The molecule has 0 saturated heterocycles. The largest absolute Gasteiger partial charge is 0.308 e. The summed E-state index contributed by atoms with van der Waals surface area (Å²) in [7, 11) is 0. The molecule has 0 spiro atoms. The van der Waals surface area contributed by atoms with E-state index in [1.807, 2.05) is 35.7 Å². The number of aromatic nitrogens is 5. The molecule has 5 heterocycles. The van der Waals surface area contributed by atoms with Crippen LogP contribution >= 0.6 is 11.3 Å². The minimum absolute atomic E-state index is 0.641. The summed E-state index contributed by atoms with van der Waals surface area (Å²) in [5, 5.41) is 6.01. The summed E-state index contributed by atoms with van der Waals surface area (Å²) >= 11 is 1.84. The van der Waals surface area contributed by atoms with Crippen LogP contribution in [-0.4, -0.2) is 24.1 Å². The van der Waals surface area contributed by atoms with Gasteiger partial charge in [0.05, 0.1) is 39.0 Å². The number of fused-ring (bicyclic) bond motifs is 9. The molecule has 0 aliphatic carbocycles. The van der Waals surface area contributed by atoms with E-state index in [1.54, 1.807) is 0 Å². The van der Waals surface area contributed by atoms with Gasteiger partial charge in [-0.15, -0.1) is 11.3 Å². The van der Waals surface area contributed by atoms with Gasteiger partial charge in [0.2, 0.25) is 5.95 Å². The van der Waals surface area contributed by atoms with Crippen LogP contribution in [0, 0.1) is 0 Å². The van der Waals surface area contributed by atoms with Crippen LogP contribution in [-0.2, 0) is 0 Å². The van der Waals surface area contributed by atoms with Gasteiger partial charge in [0, 0.05) is 59.3 Å². The third-order valence-electron chi connectivity index (χ3n) is 9.99. The summed E-state index contributed by atoms with van der Waals surface area (Å²) in [4.78, 5) is 15.3. The molecule has 0 aliphatic heterocycles. The van der Waals surface area contributed by atoms with Crippen molar-refractivity contribution in [3.63, 3.8) is 0 Å². The lowest BCUT2D eigenvalue weighted by atomic mass is 10.1. The monoisotopic (exact) mass is 669 g/mol. The van der Waals surface area contributed by atoms with Gasteiger partial charge in [0.15, 0.2) is 0 Å².